The van der Waals surface area contributed by atoms with Crippen LogP contribution in [0.5, 0.6) is 5.75 Å². The van der Waals surface area contributed by atoms with Gasteiger partial charge in [-0.15, -0.1) is 0 Å². The average molecular weight is 281 g/mol. The maximum atomic E-state index is 11.2. The van der Waals surface area contributed by atoms with Crippen LogP contribution in [0.15, 0.2) is 18.2 Å². The molecule has 0 heterocycles. The van der Waals surface area contributed by atoms with Crippen molar-refractivity contribution >= 4 is 11.6 Å². The van der Waals surface area contributed by atoms with Gasteiger partial charge in [0.25, 0.3) is 0 Å². The van der Waals surface area contributed by atoms with Crippen LogP contribution in [0.2, 0.25) is 0 Å². The van der Waals surface area contributed by atoms with E-state index in [9.17, 15) is 14.9 Å². The number of primary amides is 1. The lowest BCUT2D eigenvalue weighted by atomic mass is 9.95. The fourth-order valence-corrected chi connectivity index (χ4v) is 1.83. The summed E-state index contributed by atoms with van der Waals surface area (Å²) in [5.41, 5.74) is 10.4. The van der Waals surface area contributed by atoms with E-state index in [0.29, 0.717) is 0 Å². The van der Waals surface area contributed by atoms with E-state index in [1.807, 2.05) is 0 Å². The molecule has 0 saturated heterocycles. The Morgan fingerprint density at radius 2 is 2.15 bits per heavy atom. The lowest BCUT2D eigenvalue weighted by Gasteiger charge is -2.25. The van der Waals surface area contributed by atoms with Gasteiger partial charge in [0.2, 0.25) is 5.91 Å². The molecule has 0 fully saturated rings. The van der Waals surface area contributed by atoms with Gasteiger partial charge in [-0.1, -0.05) is 6.07 Å². The molecule has 0 spiro atoms. The monoisotopic (exact) mass is 281 g/mol. The van der Waals surface area contributed by atoms with Crippen molar-refractivity contribution in [3.63, 3.8) is 0 Å². The highest BCUT2D eigenvalue weighted by Gasteiger charge is 2.29. The lowest BCUT2D eigenvalue weighted by Crippen LogP contribution is -2.51. The number of ether oxygens (including phenoxy) is 1. The van der Waals surface area contributed by atoms with Crippen LogP contribution in [0.3, 0.4) is 0 Å². The highest BCUT2D eigenvalue weighted by molar-refractivity contribution is 5.83. The molecule has 0 aromatic heterocycles. The molecule has 7 heteroatoms. The lowest BCUT2D eigenvalue weighted by molar-refractivity contribution is -0.386. The van der Waals surface area contributed by atoms with E-state index < -0.39 is 22.5 Å². The first kappa shape index (κ1) is 15.9. The second-order valence-electron chi connectivity index (χ2n) is 5.14. The number of hydrogen-bond acceptors (Lipinski definition) is 5. The SMILES string of the molecule is Cc1ccc(OC(C)CC(C)(N)C(N)=O)c([N+](=O)[O-])c1. The van der Waals surface area contributed by atoms with Gasteiger partial charge >= 0.3 is 5.69 Å². The van der Waals surface area contributed by atoms with Crippen molar-refractivity contribution in [1.82, 2.24) is 0 Å². The minimum absolute atomic E-state index is 0.116. The number of nitro groups is 1. The number of carbonyl (C=O) groups excluding carboxylic acids is 1. The first-order chi connectivity index (χ1) is 9.13. The molecule has 1 aromatic carbocycles. The predicted molar refractivity (Wildman–Crippen MR) is 74.3 cm³/mol. The van der Waals surface area contributed by atoms with Gasteiger partial charge < -0.3 is 16.2 Å². The van der Waals surface area contributed by atoms with E-state index in [0.717, 1.165) is 5.56 Å². The summed E-state index contributed by atoms with van der Waals surface area (Å²) in [5.74, 6) is -0.500. The van der Waals surface area contributed by atoms with Crippen LogP contribution in [0.25, 0.3) is 0 Å². The molecule has 0 saturated carbocycles. The van der Waals surface area contributed by atoms with E-state index in [1.165, 1.54) is 19.1 Å². The number of carbonyl (C=O) groups is 1. The smallest absolute Gasteiger partial charge is 0.311 e. The summed E-state index contributed by atoms with van der Waals surface area (Å²) >= 11 is 0. The number of benzene rings is 1. The predicted octanol–water partition coefficient (Wildman–Crippen LogP) is 1.26. The van der Waals surface area contributed by atoms with E-state index in [1.54, 1.807) is 19.9 Å². The third-order valence-corrected chi connectivity index (χ3v) is 2.91. The standard InChI is InChI=1S/C13H19N3O4/c1-8-4-5-11(10(6-8)16(18)19)20-9(2)7-13(3,15)12(14)17/h4-6,9H,7,15H2,1-3H3,(H2,14,17). The van der Waals surface area contributed by atoms with Crippen LogP contribution in [-0.4, -0.2) is 22.5 Å². The van der Waals surface area contributed by atoms with Crippen LogP contribution in [0, 0.1) is 17.0 Å². The van der Waals surface area contributed by atoms with E-state index in [2.05, 4.69) is 0 Å². The maximum absolute atomic E-state index is 11.2. The topological polar surface area (TPSA) is 121 Å². The molecule has 20 heavy (non-hydrogen) atoms. The molecule has 1 amide bonds. The molecular weight excluding hydrogens is 262 g/mol. The summed E-state index contributed by atoms with van der Waals surface area (Å²) in [7, 11) is 0. The van der Waals surface area contributed by atoms with Crippen molar-refractivity contribution < 1.29 is 14.5 Å². The molecule has 1 rings (SSSR count). The summed E-state index contributed by atoms with van der Waals surface area (Å²) in [6.07, 6.45) is -0.327. The fraction of sp³-hybridized carbons (Fsp3) is 0.462. The Morgan fingerprint density at radius 1 is 1.55 bits per heavy atom. The van der Waals surface area contributed by atoms with Gasteiger partial charge in [0.15, 0.2) is 5.75 Å². The minimum atomic E-state index is -1.22. The molecule has 2 unspecified atom stereocenters. The Balaban J connectivity index is 2.88. The molecule has 0 aliphatic carbocycles. The molecule has 0 radical (unpaired) electrons. The van der Waals surface area contributed by atoms with Gasteiger partial charge in [-0.2, -0.15) is 0 Å². The number of nitrogens with zero attached hydrogens (tertiary/aromatic N) is 1. The summed E-state index contributed by atoms with van der Waals surface area (Å²) in [6.45, 7) is 4.93. The highest BCUT2D eigenvalue weighted by Crippen LogP contribution is 2.29. The van der Waals surface area contributed by atoms with Gasteiger partial charge in [-0.05, 0) is 32.4 Å². The fourth-order valence-electron chi connectivity index (χ4n) is 1.83. The Bertz CT molecular complexity index is 528. The Kier molecular flexibility index (Phi) is 4.67. The zero-order valence-corrected chi connectivity index (χ0v) is 11.8. The van der Waals surface area contributed by atoms with Crippen LogP contribution in [0.4, 0.5) is 5.69 Å². The largest absolute Gasteiger partial charge is 0.484 e. The Hall–Kier alpha value is -2.15. The van der Waals surface area contributed by atoms with Crippen LogP contribution in [0.1, 0.15) is 25.8 Å². The Labute approximate surface area is 117 Å². The van der Waals surface area contributed by atoms with Crippen molar-refractivity contribution in [3.05, 3.63) is 33.9 Å². The molecule has 2 atom stereocenters. The van der Waals surface area contributed by atoms with E-state index in [4.69, 9.17) is 16.2 Å². The maximum Gasteiger partial charge on any atom is 0.311 e. The summed E-state index contributed by atoms with van der Waals surface area (Å²) < 4.78 is 5.52. The Morgan fingerprint density at radius 3 is 2.65 bits per heavy atom. The zero-order valence-electron chi connectivity index (χ0n) is 11.8. The number of nitro benzene ring substituents is 1. The van der Waals surface area contributed by atoms with Crippen molar-refractivity contribution in [2.24, 2.45) is 11.5 Å². The number of aryl methyl sites for hydroxylation is 1. The molecule has 4 N–H and O–H groups in total. The molecule has 1 aromatic rings. The second kappa shape index (κ2) is 5.87. The van der Waals surface area contributed by atoms with Crippen LogP contribution < -0.4 is 16.2 Å². The van der Waals surface area contributed by atoms with Gasteiger partial charge in [0.1, 0.15) is 0 Å². The zero-order chi connectivity index (χ0) is 15.5. The molecule has 0 bridgehead atoms. The molecule has 7 nitrogen and oxygen atoms in total. The number of rotatable bonds is 6. The number of hydrogen-bond donors (Lipinski definition) is 2. The third kappa shape index (κ3) is 3.92. The third-order valence-electron chi connectivity index (χ3n) is 2.91. The number of amides is 1. The highest BCUT2D eigenvalue weighted by atomic mass is 16.6. The van der Waals surface area contributed by atoms with Gasteiger partial charge in [0.05, 0.1) is 16.6 Å². The second-order valence-corrected chi connectivity index (χ2v) is 5.14. The minimum Gasteiger partial charge on any atom is -0.484 e. The van der Waals surface area contributed by atoms with Gasteiger partial charge in [-0.25, -0.2) is 0 Å². The van der Waals surface area contributed by atoms with E-state index >= 15 is 0 Å². The van der Waals surface area contributed by atoms with Crippen molar-refractivity contribution in [2.45, 2.75) is 38.8 Å². The van der Waals surface area contributed by atoms with Crippen molar-refractivity contribution in [1.29, 1.82) is 0 Å². The summed E-state index contributed by atoms with van der Waals surface area (Å²) in [4.78, 5) is 21.6. The van der Waals surface area contributed by atoms with Gasteiger partial charge in [0, 0.05) is 12.5 Å². The normalized spacial score (nSPS) is 15.2. The van der Waals surface area contributed by atoms with Crippen LogP contribution >= 0.6 is 0 Å². The quantitative estimate of drug-likeness (QED) is 0.600. The summed E-state index contributed by atoms with van der Waals surface area (Å²) in [6, 6.07) is 4.67. The molecule has 110 valence electrons. The van der Waals surface area contributed by atoms with Crippen LogP contribution in [-0.2, 0) is 4.79 Å². The van der Waals surface area contributed by atoms with E-state index in [-0.39, 0.29) is 17.9 Å². The number of nitrogens with two attached hydrogens (primary N) is 2. The van der Waals surface area contributed by atoms with Crippen molar-refractivity contribution in [3.8, 4) is 5.75 Å². The first-order valence-corrected chi connectivity index (χ1v) is 6.14. The van der Waals surface area contributed by atoms with Crippen molar-refractivity contribution in [2.75, 3.05) is 0 Å². The first-order valence-electron chi connectivity index (χ1n) is 6.14. The summed E-state index contributed by atoms with van der Waals surface area (Å²) in [5, 5.41) is 11.0. The van der Waals surface area contributed by atoms with Gasteiger partial charge in [-0.3, -0.25) is 14.9 Å². The molecule has 0 aliphatic heterocycles. The molecular formula is C13H19N3O4. The average Bonchev–Trinajstić information content (AvgIpc) is 2.30. The molecule has 0 aliphatic rings.